The average Bonchev–Trinajstić information content (AvgIpc) is 2.69. The predicted octanol–water partition coefficient (Wildman–Crippen LogP) is 4.90. The monoisotopic (exact) mass is 456 g/mol. The van der Waals surface area contributed by atoms with Gasteiger partial charge in [-0.15, -0.1) is 0 Å². The van der Waals surface area contributed by atoms with E-state index in [1.54, 1.807) is 18.2 Å². The smallest absolute Gasteiger partial charge is 0.261 e. The lowest BCUT2D eigenvalue weighted by Crippen LogP contribution is -2.26. The Morgan fingerprint density at radius 2 is 1.97 bits per heavy atom. The quantitative estimate of drug-likeness (QED) is 0.430. The normalized spacial score (nSPS) is 11.1. The summed E-state index contributed by atoms with van der Waals surface area (Å²) in [6.45, 7) is 6.69. The van der Waals surface area contributed by atoms with Crippen LogP contribution in [0.2, 0.25) is 0 Å². The molecule has 0 unspecified atom stereocenters. The van der Waals surface area contributed by atoms with E-state index >= 15 is 0 Å². The minimum atomic E-state index is -0.407. The first-order chi connectivity index (χ1) is 13.9. The lowest BCUT2D eigenvalue weighted by molar-refractivity contribution is -0.117. The Labute approximate surface area is 180 Å². The molecule has 2 aromatic rings. The molecule has 152 valence electrons. The topological polar surface area (TPSA) is 71.3 Å². The minimum absolute atomic E-state index is 0.00689. The summed E-state index contributed by atoms with van der Waals surface area (Å²) in [5, 5.41) is 12.3. The molecule has 0 fully saturated rings. The number of hydrogen-bond acceptors (Lipinski definition) is 4. The lowest BCUT2D eigenvalue weighted by Gasteiger charge is -2.16. The number of nitrogens with one attached hydrogen (secondary N) is 1. The number of rotatable bonds is 9. The van der Waals surface area contributed by atoms with Gasteiger partial charge in [-0.1, -0.05) is 46.3 Å². The van der Waals surface area contributed by atoms with Crippen LogP contribution >= 0.6 is 15.9 Å². The number of nitriles is 1. The van der Waals surface area contributed by atoms with Gasteiger partial charge in [-0.25, -0.2) is 0 Å². The summed E-state index contributed by atoms with van der Waals surface area (Å²) in [4.78, 5) is 12.4. The molecule has 0 aliphatic carbocycles. The predicted molar refractivity (Wildman–Crippen MR) is 118 cm³/mol. The second-order valence-corrected chi connectivity index (χ2v) is 7.44. The van der Waals surface area contributed by atoms with E-state index in [1.165, 1.54) is 0 Å². The highest BCUT2D eigenvalue weighted by atomic mass is 79.9. The Hall–Kier alpha value is -2.78. The number of carbonyl (C=O) groups is 1. The van der Waals surface area contributed by atoms with Crippen molar-refractivity contribution in [1.29, 1.82) is 5.26 Å². The Balaban J connectivity index is 2.17. The van der Waals surface area contributed by atoms with Crippen molar-refractivity contribution in [3.8, 4) is 17.6 Å². The van der Waals surface area contributed by atoms with Gasteiger partial charge < -0.3 is 14.8 Å². The maximum atomic E-state index is 12.4. The van der Waals surface area contributed by atoms with E-state index in [9.17, 15) is 10.1 Å². The first-order valence-electron chi connectivity index (χ1n) is 9.51. The molecule has 0 saturated carbocycles. The average molecular weight is 457 g/mol. The van der Waals surface area contributed by atoms with Gasteiger partial charge in [-0.05, 0) is 56.5 Å². The maximum absolute atomic E-state index is 12.4. The van der Waals surface area contributed by atoms with Gasteiger partial charge in [0.1, 0.15) is 11.6 Å². The van der Waals surface area contributed by atoms with Crippen LogP contribution in [0.5, 0.6) is 11.5 Å². The van der Waals surface area contributed by atoms with E-state index < -0.39 is 5.91 Å². The lowest BCUT2D eigenvalue weighted by atomic mass is 10.1. The summed E-state index contributed by atoms with van der Waals surface area (Å²) < 4.78 is 12.2. The Bertz CT molecular complexity index is 902. The summed E-state index contributed by atoms with van der Waals surface area (Å²) in [7, 11) is 0. The number of nitrogens with zero attached hydrogens (tertiary/aromatic N) is 1. The van der Waals surface area contributed by atoms with Crippen molar-refractivity contribution in [1.82, 2.24) is 5.32 Å². The van der Waals surface area contributed by atoms with E-state index in [0.717, 1.165) is 5.56 Å². The first-order valence-corrected chi connectivity index (χ1v) is 10.3. The highest BCUT2D eigenvalue weighted by molar-refractivity contribution is 9.10. The van der Waals surface area contributed by atoms with Gasteiger partial charge in [0.25, 0.3) is 5.91 Å². The molecule has 0 spiro atoms. The second-order valence-electron chi connectivity index (χ2n) is 6.58. The molecule has 0 aromatic heterocycles. The molecule has 1 amide bonds. The number of ether oxygens (including phenoxy) is 2. The number of carbonyl (C=O) groups excluding carboxylic acids is 1. The number of amides is 1. The largest absolute Gasteiger partial charge is 0.490 e. The van der Waals surface area contributed by atoms with Crippen molar-refractivity contribution in [2.75, 3.05) is 13.2 Å². The van der Waals surface area contributed by atoms with E-state index in [2.05, 4.69) is 21.2 Å². The molecule has 2 aromatic carbocycles. The third-order valence-corrected chi connectivity index (χ3v) is 4.62. The Morgan fingerprint density at radius 1 is 1.24 bits per heavy atom. The number of hydrogen-bond donors (Lipinski definition) is 1. The van der Waals surface area contributed by atoms with Gasteiger partial charge in [0.15, 0.2) is 11.5 Å². The van der Waals surface area contributed by atoms with Crippen molar-refractivity contribution >= 4 is 27.9 Å². The molecule has 1 N–H and O–H groups in total. The first kappa shape index (κ1) is 22.5. The van der Waals surface area contributed by atoms with Crippen molar-refractivity contribution in [3.63, 3.8) is 0 Å². The molecule has 6 heteroatoms. The van der Waals surface area contributed by atoms with E-state index in [-0.39, 0.29) is 11.7 Å². The molecule has 0 saturated heterocycles. The summed E-state index contributed by atoms with van der Waals surface area (Å²) in [6.07, 6.45) is 2.24. The summed E-state index contributed by atoms with van der Waals surface area (Å²) in [5.41, 5.74) is 1.82. The highest BCUT2D eigenvalue weighted by Crippen LogP contribution is 2.35. The summed E-state index contributed by atoms with van der Waals surface area (Å²) in [5.74, 6) is 0.768. The van der Waals surface area contributed by atoms with E-state index in [4.69, 9.17) is 9.47 Å². The van der Waals surface area contributed by atoms with Gasteiger partial charge in [0.05, 0.1) is 12.7 Å². The van der Waals surface area contributed by atoms with Crippen LogP contribution in [0.25, 0.3) is 6.08 Å². The number of benzene rings is 2. The van der Waals surface area contributed by atoms with Gasteiger partial charge in [-0.3, -0.25) is 4.79 Å². The Morgan fingerprint density at radius 3 is 2.59 bits per heavy atom. The molecule has 2 rings (SSSR count). The van der Waals surface area contributed by atoms with Crippen molar-refractivity contribution < 1.29 is 14.3 Å². The maximum Gasteiger partial charge on any atom is 0.261 e. The second kappa shape index (κ2) is 11.3. The SMILES string of the molecule is CCOc1cc(/C=C(\C#N)C(=O)NCCc2ccccc2)c(Br)cc1OC(C)C. The van der Waals surface area contributed by atoms with Crippen LogP contribution in [-0.2, 0) is 11.2 Å². The zero-order valence-electron chi connectivity index (χ0n) is 16.9. The van der Waals surface area contributed by atoms with Crippen LogP contribution < -0.4 is 14.8 Å². The fourth-order valence-corrected chi connectivity index (χ4v) is 3.08. The molecular weight excluding hydrogens is 432 g/mol. The molecule has 0 atom stereocenters. The zero-order valence-corrected chi connectivity index (χ0v) is 18.5. The van der Waals surface area contributed by atoms with Crippen molar-refractivity contribution in [2.24, 2.45) is 0 Å². The fourth-order valence-electron chi connectivity index (χ4n) is 2.64. The van der Waals surface area contributed by atoms with Crippen LogP contribution in [0.3, 0.4) is 0 Å². The van der Waals surface area contributed by atoms with Crippen molar-refractivity contribution in [2.45, 2.75) is 33.3 Å². The standard InChI is InChI=1S/C23H25BrN2O3/c1-4-28-21-13-18(20(24)14-22(21)29-16(2)3)12-19(15-25)23(27)26-11-10-17-8-6-5-7-9-17/h5-9,12-14,16H,4,10-11H2,1-3H3,(H,26,27)/b19-12+. The van der Waals surface area contributed by atoms with Gasteiger partial charge in [0, 0.05) is 11.0 Å². The van der Waals surface area contributed by atoms with Crippen LogP contribution in [-0.4, -0.2) is 25.2 Å². The molecule has 0 aliphatic rings. The van der Waals surface area contributed by atoms with Crippen LogP contribution in [0.15, 0.2) is 52.5 Å². The summed E-state index contributed by atoms with van der Waals surface area (Å²) >= 11 is 3.49. The fraction of sp³-hybridized carbons (Fsp3) is 0.304. The van der Waals surface area contributed by atoms with E-state index in [0.29, 0.717) is 41.1 Å². The summed E-state index contributed by atoms with van der Waals surface area (Å²) in [6, 6.07) is 15.4. The molecule has 29 heavy (non-hydrogen) atoms. The van der Waals surface area contributed by atoms with Crippen LogP contribution in [0.4, 0.5) is 0 Å². The van der Waals surface area contributed by atoms with Gasteiger partial charge in [-0.2, -0.15) is 5.26 Å². The third kappa shape index (κ3) is 6.95. The number of halogens is 1. The molecule has 0 aliphatic heterocycles. The van der Waals surface area contributed by atoms with Crippen molar-refractivity contribution in [3.05, 3.63) is 63.6 Å². The highest BCUT2D eigenvalue weighted by Gasteiger charge is 2.14. The molecule has 0 radical (unpaired) electrons. The van der Waals surface area contributed by atoms with Gasteiger partial charge >= 0.3 is 0 Å². The van der Waals surface area contributed by atoms with E-state index in [1.807, 2.05) is 57.2 Å². The van der Waals surface area contributed by atoms with Gasteiger partial charge in [0.2, 0.25) is 0 Å². The third-order valence-electron chi connectivity index (χ3n) is 3.93. The molecule has 0 bridgehead atoms. The molecule has 0 heterocycles. The zero-order chi connectivity index (χ0) is 21.2. The van der Waals surface area contributed by atoms with Crippen LogP contribution in [0.1, 0.15) is 31.9 Å². The molecular formula is C23H25BrN2O3. The molecule has 5 nitrogen and oxygen atoms in total. The Kier molecular flexibility index (Phi) is 8.75. The van der Waals surface area contributed by atoms with Crippen LogP contribution in [0, 0.1) is 11.3 Å². The minimum Gasteiger partial charge on any atom is -0.490 e.